The predicted octanol–water partition coefficient (Wildman–Crippen LogP) is 2.29. The van der Waals surface area contributed by atoms with Gasteiger partial charge < -0.3 is 14.0 Å². The van der Waals surface area contributed by atoms with Crippen LogP contribution in [-0.4, -0.2) is 44.9 Å². The zero-order valence-electron chi connectivity index (χ0n) is 13.6. The Morgan fingerprint density at radius 1 is 1.29 bits per heavy atom. The van der Waals surface area contributed by atoms with Gasteiger partial charge in [0.2, 0.25) is 0 Å². The van der Waals surface area contributed by atoms with Gasteiger partial charge in [0.25, 0.3) is 0 Å². The molecule has 0 N–H and O–H groups in total. The smallest absolute Gasteiger partial charge is 0.341 e. The van der Waals surface area contributed by atoms with Gasteiger partial charge in [-0.1, -0.05) is 11.2 Å². The summed E-state index contributed by atoms with van der Waals surface area (Å²) in [6.45, 7) is 0. The third kappa shape index (κ3) is 2.86. The van der Waals surface area contributed by atoms with E-state index in [0.29, 0.717) is 23.0 Å². The summed E-state index contributed by atoms with van der Waals surface area (Å²) in [6, 6.07) is 3.80. The highest BCUT2D eigenvalue weighted by molar-refractivity contribution is 7.91. The van der Waals surface area contributed by atoms with Crippen LogP contribution in [0.25, 0.3) is 5.52 Å². The minimum Gasteiger partial charge on any atom is -0.616 e. The fourth-order valence-corrected chi connectivity index (χ4v) is 4.48. The van der Waals surface area contributed by atoms with Gasteiger partial charge in [0.15, 0.2) is 0 Å². The van der Waals surface area contributed by atoms with Crippen molar-refractivity contribution in [3.63, 3.8) is 0 Å². The summed E-state index contributed by atoms with van der Waals surface area (Å²) >= 11 is -0.695. The second-order valence-corrected chi connectivity index (χ2v) is 8.07. The molecule has 0 spiro atoms. The van der Waals surface area contributed by atoms with Gasteiger partial charge in [-0.2, -0.15) is 5.10 Å². The fourth-order valence-electron chi connectivity index (χ4n) is 3.22. The number of aromatic nitrogens is 2. The summed E-state index contributed by atoms with van der Waals surface area (Å²) in [5, 5.41) is 4.40. The number of carbonyl (C=O) groups excluding carboxylic acids is 1. The van der Waals surface area contributed by atoms with Gasteiger partial charge in [0.05, 0.1) is 24.5 Å². The topological polar surface area (TPSA) is 75.9 Å². The van der Waals surface area contributed by atoms with Crippen LogP contribution in [0.4, 0.5) is 0 Å². The molecule has 128 valence electrons. The number of carbonyl (C=O) groups is 1. The van der Waals surface area contributed by atoms with E-state index in [4.69, 9.17) is 9.47 Å². The number of hydrogen-bond acceptors (Lipinski definition) is 5. The Morgan fingerprint density at radius 2 is 2.04 bits per heavy atom. The molecule has 2 aliphatic rings. The maximum atomic E-state index is 11.9. The molecule has 0 unspecified atom stereocenters. The van der Waals surface area contributed by atoms with Gasteiger partial charge in [0, 0.05) is 18.8 Å². The Morgan fingerprint density at radius 3 is 2.71 bits per heavy atom. The number of esters is 1. The second-order valence-electron chi connectivity index (χ2n) is 6.37. The summed E-state index contributed by atoms with van der Waals surface area (Å²) in [7, 11) is 1.37. The number of rotatable bonds is 4. The number of fused-ring (bicyclic) bond motifs is 1. The lowest BCUT2D eigenvalue weighted by Gasteiger charge is -2.26. The Kier molecular flexibility index (Phi) is 4.14. The van der Waals surface area contributed by atoms with E-state index in [9.17, 15) is 9.35 Å². The molecule has 24 heavy (non-hydrogen) atoms. The molecule has 1 aliphatic heterocycles. The Bertz CT molecular complexity index is 763. The fraction of sp³-hybridized carbons (Fsp3) is 0.529. The van der Waals surface area contributed by atoms with Crippen molar-refractivity contribution < 1.29 is 18.8 Å². The highest BCUT2D eigenvalue weighted by Crippen LogP contribution is 2.45. The standard InChI is InChI=1S/C17H20N2O4S/c1-22-17(20)13-10-18-19-14(13)4-5-15(16(19)11-2-3-11)23-12-6-8-24(21)9-7-12/h4-5,10-12H,2-3,6-9H2,1H3. The summed E-state index contributed by atoms with van der Waals surface area (Å²) in [5.74, 6) is 2.30. The highest BCUT2D eigenvalue weighted by Gasteiger charge is 2.32. The quantitative estimate of drug-likeness (QED) is 0.626. The van der Waals surface area contributed by atoms with E-state index in [0.717, 1.165) is 42.6 Å². The molecule has 1 saturated heterocycles. The lowest BCUT2D eigenvalue weighted by atomic mass is 10.1. The average Bonchev–Trinajstić information content (AvgIpc) is 3.34. The van der Waals surface area contributed by atoms with E-state index in [1.54, 1.807) is 6.20 Å². The SMILES string of the molecule is COC(=O)c1cnn2c(C3CC3)c(OC3CC[S+]([O-])CC3)ccc12. The highest BCUT2D eigenvalue weighted by atomic mass is 32.2. The number of ether oxygens (including phenoxy) is 2. The zero-order valence-corrected chi connectivity index (χ0v) is 14.4. The molecule has 4 rings (SSSR count). The summed E-state index contributed by atoms with van der Waals surface area (Å²) in [4.78, 5) is 11.9. The van der Waals surface area contributed by atoms with Crippen molar-refractivity contribution in [3.8, 4) is 5.75 Å². The number of methoxy groups -OCH3 is 1. The lowest BCUT2D eigenvalue weighted by Crippen LogP contribution is -2.31. The van der Waals surface area contributed by atoms with Gasteiger partial charge in [-0.15, -0.1) is 0 Å². The molecule has 2 fully saturated rings. The van der Waals surface area contributed by atoms with E-state index in [-0.39, 0.29) is 12.1 Å². The number of nitrogens with zero attached hydrogens (tertiary/aromatic N) is 2. The third-order valence-corrected chi connectivity index (χ3v) is 6.06. The molecule has 1 aliphatic carbocycles. The Balaban J connectivity index is 1.68. The van der Waals surface area contributed by atoms with Crippen LogP contribution in [0.2, 0.25) is 0 Å². The average molecular weight is 348 g/mol. The monoisotopic (exact) mass is 348 g/mol. The first-order valence-electron chi connectivity index (χ1n) is 8.28. The maximum Gasteiger partial charge on any atom is 0.341 e. The maximum absolute atomic E-state index is 11.9. The van der Waals surface area contributed by atoms with Crippen molar-refractivity contribution in [1.29, 1.82) is 0 Å². The molecular weight excluding hydrogens is 328 g/mol. The minimum atomic E-state index is -0.695. The first kappa shape index (κ1) is 15.8. The Labute approximate surface area is 143 Å². The molecule has 0 radical (unpaired) electrons. The van der Waals surface area contributed by atoms with Gasteiger partial charge in [0.1, 0.15) is 28.9 Å². The summed E-state index contributed by atoms with van der Waals surface area (Å²) < 4.78 is 24.4. The van der Waals surface area contributed by atoms with Crippen molar-refractivity contribution in [2.75, 3.05) is 18.6 Å². The van der Waals surface area contributed by atoms with Crippen molar-refractivity contribution in [3.05, 3.63) is 29.6 Å². The largest absolute Gasteiger partial charge is 0.616 e. The summed E-state index contributed by atoms with van der Waals surface area (Å²) in [6.07, 6.45) is 5.52. The molecule has 6 nitrogen and oxygen atoms in total. The number of hydrogen-bond donors (Lipinski definition) is 0. The van der Waals surface area contributed by atoms with Crippen LogP contribution in [0, 0.1) is 0 Å². The van der Waals surface area contributed by atoms with Gasteiger partial charge in [-0.3, -0.25) is 0 Å². The van der Waals surface area contributed by atoms with E-state index >= 15 is 0 Å². The van der Waals surface area contributed by atoms with E-state index in [2.05, 4.69) is 5.10 Å². The molecule has 0 atom stereocenters. The zero-order chi connectivity index (χ0) is 16.7. The molecular formula is C17H20N2O4S. The molecule has 0 bridgehead atoms. The van der Waals surface area contributed by atoms with Crippen LogP contribution in [0.15, 0.2) is 18.3 Å². The normalized spacial score (nSPS) is 24.1. The lowest BCUT2D eigenvalue weighted by molar-refractivity contribution is 0.0603. The van der Waals surface area contributed by atoms with E-state index in [1.807, 2.05) is 16.6 Å². The summed E-state index contributed by atoms with van der Waals surface area (Å²) in [5.41, 5.74) is 2.26. The van der Waals surface area contributed by atoms with Crippen molar-refractivity contribution >= 4 is 22.7 Å². The number of pyridine rings is 1. The van der Waals surface area contributed by atoms with Gasteiger partial charge >= 0.3 is 5.97 Å². The molecule has 2 aromatic rings. The van der Waals surface area contributed by atoms with Crippen LogP contribution in [0.1, 0.15) is 47.7 Å². The third-order valence-electron chi connectivity index (χ3n) is 4.68. The first-order valence-corrected chi connectivity index (χ1v) is 9.76. The molecule has 1 saturated carbocycles. The predicted molar refractivity (Wildman–Crippen MR) is 90.0 cm³/mol. The molecule has 7 heteroatoms. The van der Waals surface area contributed by atoms with Crippen molar-refractivity contribution in [2.24, 2.45) is 0 Å². The van der Waals surface area contributed by atoms with Gasteiger partial charge in [-0.05, 0) is 25.0 Å². The second kappa shape index (κ2) is 6.29. The van der Waals surface area contributed by atoms with Crippen LogP contribution < -0.4 is 4.74 Å². The van der Waals surface area contributed by atoms with Gasteiger partial charge in [-0.25, -0.2) is 9.31 Å². The Hall–Kier alpha value is -1.73. The molecule has 0 aromatic carbocycles. The van der Waals surface area contributed by atoms with Crippen LogP contribution in [-0.2, 0) is 15.9 Å². The van der Waals surface area contributed by atoms with Crippen LogP contribution >= 0.6 is 0 Å². The van der Waals surface area contributed by atoms with Crippen molar-refractivity contribution in [1.82, 2.24) is 9.61 Å². The molecule has 3 heterocycles. The van der Waals surface area contributed by atoms with E-state index in [1.165, 1.54) is 7.11 Å². The molecule has 2 aromatic heterocycles. The minimum absolute atomic E-state index is 0.105. The van der Waals surface area contributed by atoms with Crippen LogP contribution in [0.3, 0.4) is 0 Å². The van der Waals surface area contributed by atoms with E-state index < -0.39 is 11.2 Å². The van der Waals surface area contributed by atoms with Crippen molar-refractivity contribution in [2.45, 2.75) is 37.7 Å². The first-order chi connectivity index (χ1) is 11.7. The molecule has 0 amide bonds. The van der Waals surface area contributed by atoms with Crippen LogP contribution in [0.5, 0.6) is 5.75 Å².